The van der Waals surface area contributed by atoms with Gasteiger partial charge in [-0.25, -0.2) is 4.79 Å². The average Bonchev–Trinajstić information content (AvgIpc) is 3.92. The minimum Gasteiger partial charge on any atom is -0.480 e. The molecule has 3 aromatic rings. The van der Waals surface area contributed by atoms with E-state index in [4.69, 9.17) is 9.84 Å². The highest BCUT2D eigenvalue weighted by Crippen LogP contribution is 2.46. The number of piperazine rings is 1. The van der Waals surface area contributed by atoms with Crippen molar-refractivity contribution < 1.29 is 38.9 Å². The number of carboxylic acid groups (broad SMARTS) is 1. The summed E-state index contributed by atoms with van der Waals surface area (Å²) in [5.74, 6) is -4.87. The van der Waals surface area contributed by atoms with Gasteiger partial charge in [-0.1, -0.05) is 48.5 Å². The molecule has 6 heterocycles. The fourth-order valence-corrected chi connectivity index (χ4v) is 8.92. The number of benzene rings is 2. The molecular weight excluding hydrogens is 668 g/mol. The van der Waals surface area contributed by atoms with Gasteiger partial charge in [0.25, 0.3) is 11.8 Å². The van der Waals surface area contributed by atoms with Crippen molar-refractivity contribution in [2.45, 2.75) is 81.3 Å². The average molecular weight is 711 g/mol. The number of aromatic amines is 1. The van der Waals surface area contributed by atoms with Crippen LogP contribution in [-0.2, 0) is 41.6 Å². The van der Waals surface area contributed by atoms with Gasteiger partial charge in [-0.15, -0.1) is 0 Å². The molecule has 14 nitrogen and oxygen atoms in total. The minimum absolute atomic E-state index is 0.144. The fraction of sp³-hybridized carbons (Fsp3) is 0.447. The first kappa shape index (κ1) is 34.1. The Morgan fingerprint density at radius 2 is 1.87 bits per heavy atom. The molecule has 2 aromatic carbocycles. The number of carboxylic acids is 1. The summed E-state index contributed by atoms with van der Waals surface area (Å²) < 4.78 is 6.23. The van der Waals surface area contributed by atoms with Crippen LogP contribution in [0.5, 0.6) is 0 Å². The summed E-state index contributed by atoms with van der Waals surface area (Å²) >= 11 is 0. The number of H-pyrrole nitrogens is 1. The van der Waals surface area contributed by atoms with Gasteiger partial charge in [0.1, 0.15) is 18.1 Å². The van der Waals surface area contributed by atoms with Crippen molar-refractivity contribution >= 4 is 46.1 Å². The minimum atomic E-state index is -2.04. The summed E-state index contributed by atoms with van der Waals surface area (Å²) in [4.78, 5) is 70.7. The molecule has 0 saturated carbocycles. The molecule has 5 aliphatic heterocycles. The molecule has 4 amide bonds. The van der Waals surface area contributed by atoms with Crippen LogP contribution in [0.15, 0.2) is 60.8 Å². The lowest BCUT2D eigenvalue weighted by atomic mass is 9.79. The van der Waals surface area contributed by atoms with Gasteiger partial charge < -0.3 is 30.7 Å². The van der Waals surface area contributed by atoms with Gasteiger partial charge in [0.2, 0.25) is 23.4 Å². The molecule has 6 aliphatic rings. The number of hydrogen-bond acceptors (Lipinski definition) is 8. The number of fused-ring (bicyclic) bond motifs is 5. The van der Waals surface area contributed by atoms with Gasteiger partial charge in [0, 0.05) is 49.1 Å². The molecule has 52 heavy (non-hydrogen) atoms. The van der Waals surface area contributed by atoms with Crippen LogP contribution in [0.25, 0.3) is 16.5 Å². The molecule has 7 atom stereocenters. The Balaban J connectivity index is 0.000000378. The quantitative estimate of drug-likeness (QED) is 0.261. The van der Waals surface area contributed by atoms with Crippen LogP contribution in [0.4, 0.5) is 0 Å². The van der Waals surface area contributed by atoms with Gasteiger partial charge in [0.05, 0.1) is 5.92 Å². The van der Waals surface area contributed by atoms with Crippen molar-refractivity contribution in [3.05, 3.63) is 77.5 Å². The number of carbonyl (C=O) groups is 5. The van der Waals surface area contributed by atoms with Gasteiger partial charge in [-0.3, -0.25) is 33.7 Å². The third kappa shape index (κ3) is 5.47. The van der Waals surface area contributed by atoms with E-state index in [9.17, 15) is 29.1 Å². The molecule has 1 aromatic heterocycles. The second-order valence-electron chi connectivity index (χ2n) is 14.8. The highest BCUT2D eigenvalue weighted by atomic mass is 16.7. The lowest BCUT2D eigenvalue weighted by Crippen LogP contribution is -2.71. The third-order valence-corrected chi connectivity index (χ3v) is 11.4. The zero-order valence-electron chi connectivity index (χ0n) is 29.0. The second kappa shape index (κ2) is 12.6. The van der Waals surface area contributed by atoms with Crippen LogP contribution in [-0.4, -0.2) is 115 Å². The number of nitrogens with one attached hydrogen (secondary N) is 3. The monoisotopic (exact) mass is 710 g/mol. The summed E-state index contributed by atoms with van der Waals surface area (Å²) in [5.41, 5.74) is 3.58. The Hall–Kier alpha value is -5.05. The van der Waals surface area contributed by atoms with E-state index >= 15 is 0 Å². The number of amides is 4. The molecule has 1 aliphatic carbocycles. The maximum absolute atomic E-state index is 14.2. The van der Waals surface area contributed by atoms with Crippen molar-refractivity contribution in [1.82, 2.24) is 30.3 Å². The molecule has 0 unspecified atom stereocenters. The normalized spacial score (nSPS) is 32.0. The van der Waals surface area contributed by atoms with Crippen LogP contribution in [0.2, 0.25) is 0 Å². The van der Waals surface area contributed by atoms with E-state index in [0.717, 1.165) is 28.6 Å². The van der Waals surface area contributed by atoms with Crippen molar-refractivity contribution in [3.8, 4) is 0 Å². The Bertz CT molecular complexity index is 2010. The highest BCUT2D eigenvalue weighted by molar-refractivity contribution is 6.01. The Morgan fingerprint density at radius 3 is 2.58 bits per heavy atom. The zero-order chi connectivity index (χ0) is 36.5. The number of aliphatic hydroxyl groups is 1. The van der Waals surface area contributed by atoms with Crippen LogP contribution < -0.4 is 10.6 Å². The molecular formula is C38H42N6O8. The van der Waals surface area contributed by atoms with E-state index in [0.29, 0.717) is 38.8 Å². The number of aliphatic carboxylic acids is 1. The molecule has 0 radical (unpaired) electrons. The van der Waals surface area contributed by atoms with Gasteiger partial charge in [0.15, 0.2) is 0 Å². The first-order chi connectivity index (χ1) is 24.9. The summed E-state index contributed by atoms with van der Waals surface area (Å²) in [6.45, 7) is 2.45. The van der Waals surface area contributed by atoms with Gasteiger partial charge in [-0.05, 0) is 68.0 Å². The first-order valence-corrected chi connectivity index (χ1v) is 17.8. The lowest BCUT2D eigenvalue weighted by Gasteiger charge is -2.48. The Kier molecular flexibility index (Phi) is 8.23. The number of hydrogen-bond donors (Lipinski definition) is 5. The van der Waals surface area contributed by atoms with Crippen LogP contribution in [0, 0.1) is 5.92 Å². The maximum atomic E-state index is 14.2. The zero-order valence-corrected chi connectivity index (χ0v) is 29.0. The van der Waals surface area contributed by atoms with E-state index in [2.05, 4.69) is 38.8 Å². The number of nitrogens with zero attached hydrogens (tertiary/aromatic N) is 3. The van der Waals surface area contributed by atoms with Crippen LogP contribution >= 0.6 is 0 Å². The standard InChI is InChI=1S/C33H35N5O5.C5H7NO3/c1-32(35-29(39)21-15-23-22-10-6-11-24-28(22)20(17-34-24)16-25(23)36(2)18-21)31(41)38-26(14-19-8-4-3-5-9-19)30(40)37-13-7-12-27(37)33(38,42)43-32;7-4-2-1-3(6-4)5(8)9/h3-6,8-11,15,17,21,25-27,34,42H,7,12-14,16,18H2,1-2H3,(H,35,39);3H,1-2H2,(H,6,7)(H,8,9)/t21-,25-,26+,27+,32-,33+;3-/m10/s1. The van der Waals surface area contributed by atoms with E-state index in [1.165, 1.54) is 22.8 Å². The summed E-state index contributed by atoms with van der Waals surface area (Å²) in [6.07, 6.45) is 7.15. The SMILES string of the molecule is CN1C[C@H](C(=O)N[C@]2(C)O[C@@]3(O)[C@@H]4CCCN4C(=O)[C@H](Cc4ccccc4)N3C2=O)C=C2c3cccc4[nH]cc(c34)C[C@H]21.O=C1CC[C@@H](C(=O)O)N1. The number of rotatable bonds is 5. The smallest absolute Gasteiger partial charge is 0.326 e. The van der Waals surface area contributed by atoms with E-state index in [-0.39, 0.29) is 30.2 Å². The van der Waals surface area contributed by atoms with E-state index in [1.54, 1.807) is 4.90 Å². The van der Waals surface area contributed by atoms with E-state index < -0.39 is 47.6 Å². The Labute approximate surface area is 299 Å². The molecule has 0 bridgehead atoms. The molecule has 5 N–H and O–H groups in total. The van der Waals surface area contributed by atoms with E-state index in [1.807, 2.05) is 49.5 Å². The maximum Gasteiger partial charge on any atom is 0.326 e. The first-order valence-electron chi connectivity index (χ1n) is 17.8. The highest BCUT2D eigenvalue weighted by Gasteiger charge is 2.70. The predicted molar refractivity (Wildman–Crippen MR) is 187 cm³/mol. The topological polar surface area (TPSA) is 185 Å². The molecule has 9 rings (SSSR count). The van der Waals surface area contributed by atoms with Crippen LogP contribution in [0.3, 0.4) is 0 Å². The van der Waals surface area contributed by atoms with Crippen molar-refractivity contribution in [2.75, 3.05) is 20.1 Å². The van der Waals surface area contributed by atoms with Crippen molar-refractivity contribution in [2.24, 2.45) is 5.92 Å². The number of ether oxygens (including phenoxy) is 1. The number of likely N-dealkylation sites (N-methyl/N-ethyl adjacent to an activating group) is 1. The van der Waals surface area contributed by atoms with Crippen molar-refractivity contribution in [3.63, 3.8) is 0 Å². The Morgan fingerprint density at radius 1 is 1.08 bits per heavy atom. The van der Waals surface area contributed by atoms with Crippen LogP contribution in [0.1, 0.15) is 49.3 Å². The second-order valence-corrected chi connectivity index (χ2v) is 14.8. The summed E-state index contributed by atoms with van der Waals surface area (Å²) in [5, 5.41) is 26.7. The molecule has 14 heteroatoms. The summed E-state index contributed by atoms with van der Waals surface area (Å²) in [6, 6.07) is 13.5. The third-order valence-electron chi connectivity index (χ3n) is 11.4. The van der Waals surface area contributed by atoms with Gasteiger partial charge >= 0.3 is 5.97 Å². The number of aromatic nitrogens is 1. The molecule has 0 spiro atoms. The summed E-state index contributed by atoms with van der Waals surface area (Å²) in [7, 11) is 2.02. The van der Waals surface area contributed by atoms with Crippen molar-refractivity contribution in [1.29, 1.82) is 0 Å². The predicted octanol–water partition coefficient (Wildman–Crippen LogP) is 1.34. The molecule has 4 saturated heterocycles. The van der Waals surface area contributed by atoms with Gasteiger partial charge in [-0.2, -0.15) is 0 Å². The fourth-order valence-electron chi connectivity index (χ4n) is 8.92. The number of carbonyl (C=O) groups excluding carboxylic acids is 4. The molecule has 4 fully saturated rings. The molecule has 272 valence electrons. The lowest BCUT2D eigenvalue weighted by molar-refractivity contribution is -0.315. The largest absolute Gasteiger partial charge is 0.480 e.